The molecule has 0 radical (unpaired) electrons. The van der Waals surface area contributed by atoms with Gasteiger partial charge in [0, 0.05) is 6.61 Å². The average Bonchev–Trinajstić information content (AvgIpc) is 3.37. The van der Waals surface area contributed by atoms with E-state index in [1.807, 2.05) is 24.3 Å². The molecule has 6 nitrogen and oxygen atoms in total. The molecule has 140 valence electrons. The van der Waals surface area contributed by atoms with Crippen LogP contribution in [0, 0.1) is 0 Å². The molecule has 26 heavy (non-hydrogen) atoms. The van der Waals surface area contributed by atoms with Crippen molar-refractivity contribution in [3.05, 3.63) is 35.9 Å². The second kappa shape index (κ2) is 8.08. The molecule has 2 fully saturated rings. The average molecular weight is 357 g/mol. The van der Waals surface area contributed by atoms with Crippen LogP contribution in [0.25, 0.3) is 0 Å². The SMILES string of the molecule is COc1ccc(OCc2nc([C@@H]3CCCO3)n(C3CCCCC3)n2)cc1. The number of rotatable bonds is 6. The third-order valence-electron chi connectivity index (χ3n) is 5.27. The lowest BCUT2D eigenvalue weighted by molar-refractivity contribution is 0.0974. The number of hydrogen-bond acceptors (Lipinski definition) is 5. The van der Waals surface area contributed by atoms with Crippen molar-refractivity contribution in [2.45, 2.75) is 63.7 Å². The van der Waals surface area contributed by atoms with Gasteiger partial charge in [0.1, 0.15) is 24.2 Å². The lowest BCUT2D eigenvalue weighted by Crippen LogP contribution is -2.18. The highest BCUT2D eigenvalue weighted by molar-refractivity contribution is 5.31. The summed E-state index contributed by atoms with van der Waals surface area (Å²) < 4.78 is 19.1. The van der Waals surface area contributed by atoms with Crippen LogP contribution in [0.15, 0.2) is 24.3 Å². The number of methoxy groups -OCH3 is 1. The Labute approximate surface area is 154 Å². The molecular weight excluding hydrogens is 330 g/mol. The van der Waals surface area contributed by atoms with E-state index in [-0.39, 0.29) is 6.10 Å². The largest absolute Gasteiger partial charge is 0.497 e. The Morgan fingerprint density at radius 1 is 1.04 bits per heavy atom. The second-order valence-electron chi connectivity index (χ2n) is 7.09. The van der Waals surface area contributed by atoms with Gasteiger partial charge in [0.25, 0.3) is 0 Å². The van der Waals surface area contributed by atoms with Gasteiger partial charge >= 0.3 is 0 Å². The van der Waals surface area contributed by atoms with Crippen molar-refractivity contribution in [3.63, 3.8) is 0 Å². The molecule has 1 aromatic heterocycles. The third kappa shape index (κ3) is 3.85. The summed E-state index contributed by atoms with van der Waals surface area (Å²) in [6.45, 7) is 1.19. The molecule has 1 aliphatic carbocycles. The van der Waals surface area contributed by atoms with Gasteiger partial charge in [-0.1, -0.05) is 19.3 Å². The topological polar surface area (TPSA) is 58.4 Å². The third-order valence-corrected chi connectivity index (χ3v) is 5.27. The summed E-state index contributed by atoms with van der Waals surface area (Å²) in [7, 11) is 1.66. The molecular formula is C20H27N3O3. The first-order valence-electron chi connectivity index (χ1n) is 9.67. The standard InChI is InChI=1S/C20H27N3O3/c1-24-16-9-11-17(12-10-16)26-14-19-21-20(18-8-5-13-25-18)23(22-19)15-6-3-2-4-7-15/h9-12,15,18H,2-8,13-14H2,1H3/t18-/m0/s1. The lowest BCUT2D eigenvalue weighted by Gasteiger charge is -2.24. The first-order chi connectivity index (χ1) is 12.8. The Bertz CT molecular complexity index is 702. The van der Waals surface area contributed by atoms with Gasteiger partial charge in [-0.3, -0.25) is 0 Å². The summed E-state index contributed by atoms with van der Waals surface area (Å²) in [6.07, 6.45) is 8.45. The van der Waals surface area contributed by atoms with Crippen LogP contribution in [0.4, 0.5) is 0 Å². The van der Waals surface area contributed by atoms with Crippen LogP contribution in [-0.2, 0) is 11.3 Å². The fraction of sp³-hybridized carbons (Fsp3) is 0.600. The van der Waals surface area contributed by atoms with Crippen molar-refractivity contribution < 1.29 is 14.2 Å². The fourth-order valence-electron chi connectivity index (χ4n) is 3.86. The highest BCUT2D eigenvalue weighted by Gasteiger charge is 2.28. The molecule has 1 aromatic carbocycles. The normalized spacial score (nSPS) is 21.0. The van der Waals surface area contributed by atoms with Gasteiger partial charge in [-0.05, 0) is 49.9 Å². The first-order valence-corrected chi connectivity index (χ1v) is 9.67. The molecule has 2 aliphatic rings. The second-order valence-corrected chi connectivity index (χ2v) is 7.09. The number of hydrogen-bond donors (Lipinski definition) is 0. The van der Waals surface area contributed by atoms with E-state index < -0.39 is 0 Å². The predicted molar refractivity (Wildman–Crippen MR) is 97.4 cm³/mol. The number of benzene rings is 1. The quantitative estimate of drug-likeness (QED) is 0.774. The van der Waals surface area contributed by atoms with Crippen LogP contribution in [0.1, 0.15) is 68.7 Å². The van der Waals surface area contributed by atoms with Crippen molar-refractivity contribution in [1.29, 1.82) is 0 Å². The molecule has 0 unspecified atom stereocenters. The van der Waals surface area contributed by atoms with Crippen LogP contribution in [0.2, 0.25) is 0 Å². The zero-order valence-electron chi connectivity index (χ0n) is 15.4. The molecule has 1 saturated heterocycles. The minimum absolute atomic E-state index is 0.0826. The molecule has 4 rings (SSSR count). The fourth-order valence-corrected chi connectivity index (χ4v) is 3.86. The van der Waals surface area contributed by atoms with E-state index in [1.54, 1.807) is 7.11 Å². The molecule has 0 N–H and O–H groups in total. The van der Waals surface area contributed by atoms with Crippen molar-refractivity contribution in [3.8, 4) is 11.5 Å². The van der Waals surface area contributed by atoms with Crippen molar-refractivity contribution in [2.24, 2.45) is 0 Å². The zero-order chi connectivity index (χ0) is 17.8. The minimum atomic E-state index is 0.0826. The Balaban J connectivity index is 1.49. The van der Waals surface area contributed by atoms with Crippen LogP contribution >= 0.6 is 0 Å². The van der Waals surface area contributed by atoms with Crippen molar-refractivity contribution in [2.75, 3.05) is 13.7 Å². The van der Waals surface area contributed by atoms with Gasteiger partial charge < -0.3 is 14.2 Å². The van der Waals surface area contributed by atoms with E-state index >= 15 is 0 Å². The lowest BCUT2D eigenvalue weighted by atomic mass is 9.95. The Morgan fingerprint density at radius 3 is 2.50 bits per heavy atom. The first kappa shape index (κ1) is 17.3. The highest BCUT2D eigenvalue weighted by Crippen LogP contribution is 2.33. The molecule has 0 amide bonds. The van der Waals surface area contributed by atoms with Crippen LogP contribution < -0.4 is 9.47 Å². The van der Waals surface area contributed by atoms with Gasteiger partial charge in [0.2, 0.25) is 0 Å². The van der Waals surface area contributed by atoms with Crippen LogP contribution in [-0.4, -0.2) is 28.5 Å². The number of ether oxygens (including phenoxy) is 3. The van der Waals surface area contributed by atoms with E-state index in [4.69, 9.17) is 24.3 Å². The molecule has 1 atom stereocenters. The van der Waals surface area contributed by atoms with Gasteiger partial charge in [0.15, 0.2) is 11.6 Å². The summed E-state index contributed by atoms with van der Waals surface area (Å²) in [4.78, 5) is 4.79. The van der Waals surface area contributed by atoms with E-state index in [0.29, 0.717) is 12.6 Å². The Morgan fingerprint density at radius 2 is 1.81 bits per heavy atom. The van der Waals surface area contributed by atoms with Gasteiger partial charge in [-0.25, -0.2) is 9.67 Å². The van der Waals surface area contributed by atoms with Crippen molar-refractivity contribution >= 4 is 0 Å². The zero-order valence-corrected chi connectivity index (χ0v) is 15.4. The summed E-state index contributed by atoms with van der Waals surface area (Å²) in [6, 6.07) is 8.03. The summed E-state index contributed by atoms with van der Waals surface area (Å²) >= 11 is 0. The molecule has 6 heteroatoms. The number of aromatic nitrogens is 3. The maximum Gasteiger partial charge on any atom is 0.188 e. The predicted octanol–water partition coefficient (Wildman–Crippen LogP) is 4.22. The van der Waals surface area contributed by atoms with Gasteiger partial charge in [-0.15, -0.1) is 0 Å². The summed E-state index contributed by atoms with van der Waals surface area (Å²) in [5.41, 5.74) is 0. The molecule has 0 spiro atoms. The molecule has 1 aliphatic heterocycles. The van der Waals surface area contributed by atoms with E-state index in [9.17, 15) is 0 Å². The molecule has 2 aromatic rings. The molecule has 2 heterocycles. The highest BCUT2D eigenvalue weighted by atomic mass is 16.5. The summed E-state index contributed by atoms with van der Waals surface area (Å²) in [5, 5.41) is 4.80. The van der Waals surface area contributed by atoms with Gasteiger partial charge in [0.05, 0.1) is 13.2 Å². The smallest absolute Gasteiger partial charge is 0.188 e. The Hall–Kier alpha value is -2.08. The van der Waals surface area contributed by atoms with E-state index in [0.717, 1.165) is 42.6 Å². The van der Waals surface area contributed by atoms with E-state index in [2.05, 4.69) is 4.68 Å². The van der Waals surface area contributed by atoms with E-state index in [1.165, 1.54) is 32.1 Å². The summed E-state index contributed by atoms with van der Waals surface area (Å²) in [5.74, 6) is 3.33. The number of nitrogens with zero attached hydrogens (tertiary/aromatic N) is 3. The minimum Gasteiger partial charge on any atom is -0.497 e. The molecule has 0 bridgehead atoms. The maximum absolute atomic E-state index is 5.89. The van der Waals surface area contributed by atoms with Crippen molar-refractivity contribution in [1.82, 2.24) is 14.8 Å². The van der Waals surface area contributed by atoms with Gasteiger partial charge in [-0.2, -0.15) is 5.10 Å². The maximum atomic E-state index is 5.89. The Kier molecular flexibility index (Phi) is 5.39. The monoisotopic (exact) mass is 357 g/mol. The van der Waals surface area contributed by atoms with Crippen LogP contribution in [0.5, 0.6) is 11.5 Å². The molecule has 1 saturated carbocycles. The van der Waals surface area contributed by atoms with Crippen LogP contribution in [0.3, 0.4) is 0 Å².